The summed E-state index contributed by atoms with van der Waals surface area (Å²) >= 11 is 0. The number of hydrogen-bond donors (Lipinski definition) is 6. The van der Waals surface area contributed by atoms with Gasteiger partial charge >= 0.3 is 5.97 Å². The number of aliphatic hydroxyl groups excluding tert-OH is 5. The Morgan fingerprint density at radius 1 is 0.519 bits per heavy atom. The molecule has 1 aliphatic rings. The molecule has 0 aromatic heterocycles. The van der Waals surface area contributed by atoms with Crippen molar-refractivity contribution in [1.29, 1.82) is 0 Å². The number of amides is 1. The summed E-state index contributed by atoms with van der Waals surface area (Å²) in [5, 5.41) is 56.9. The van der Waals surface area contributed by atoms with Crippen LogP contribution in [0.3, 0.4) is 0 Å². The van der Waals surface area contributed by atoms with Crippen LogP contribution in [0.15, 0.2) is 85.1 Å². The third kappa shape index (κ3) is 41.5. The topological polar surface area (TPSA) is 175 Å². The van der Waals surface area contributed by atoms with Gasteiger partial charge in [0.15, 0.2) is 12.4 Å². The largest absolute Gasteiger partial charge is 0.454 e. The first-order valence-corrected chi connectivity index (χ1v) is 31.4. The van der Waals surface area contributed by atoms with E-state index in [9.17, 15) is 35.1 Å². The maximum atomic E-state index is 13.4. The average Bonchev–Trinajstić information content (AvgIpc) is 3.43. The molecule has 8 unspecified atom stereocenters. The van der Waals surface area contributed by atoms with Gasteiger partial charge in [0.25, 0.3) is 0 Å². The zero-order valence-electron chi connectivity index (χ0n) is 49.1. The highest BCUT2D eigenvalue weighted by Gasteiger charge is 2.47. The van der Waals surface area contributed by atoms with Crippen molar-refractivity contribution in [2.45, 2.75) is 307 Å². The number of aliphatic hydroxyl groups is 5. The second-order valence-corrected chi connectivity index (χ2v) is 21.6. The summed E-state index contributed by atoms with van der Waals surface area (Å²) in [4.78, 5) is 26.5. The zero-order chi connectivity index (χ0) is 56.1. The molecular formula is C66H115NO10. The molecule has 1 rings (SSSR count). The Bertz CT molecular complexity index is 1570. The molecule has 77 heavy (non-hydrogen) atoms. The van der Waals surface area contributed by atoms with E-state index in [-0.39, 0.29) is 19.4 Å². The van der Waals surface area contributed by atoms with E-state index in [1.54, 1.807) is 6.08 Å². The Balaban J connectivity index is 2.66. The van der Waals surface area contributed by atoms with E-state index in [4.69, 9.17) is 14.2 Å². The van der Waals surface area contributed by atoms with Gasteiger partial charge in [-0.15, -0.1) is 0 Å². The van der Waals surface area contributed by atoms with Crippen molar-refractivity contribution in [1.82, 2.24) is 5.32 Å². The Morgan fingerprint density at radius 2 is 0.935 bits per heavy atom. The molecule has 1 amide bonds. The maximum absolute atomic E-state index is 13.4. The SMILES string of the molecule is CC\C=C/C=C/C=C/C=C\C=C\C=C\CCCCC(O)C(=O)NC(COC1OC(CO)C(O)C(O)C1OC(=O)CCCCCCCCCCCCCCCCCCCCCCC)C(O)/C=C/CCCCCCCCCCC. The van der Waals surface area contributed by atoms with E-state index >= 15 is 0 Å². The minimum absolute atomic E-state index is 0.118. The van der Waals surface area contributed by atoms with E-state index in [2.05, 4.69) is 32.2 Å². The number of allylic oxidation sites excluding steroid dienone is 13. The Morgan fingerprint density at radius 3 is 1.40 bits per heavy atom. The number of carbonyl (C=O) groups excluding carboxylic acids is 2. The van der Waals surface area contributed by atoms with Crippen LogP contribution in [-0.4, -0.2) is 99.6 Å². The number of hydrogen-bond acceptors (Lipinski definition) is 10. The molecule has 0 aromatic carbocycles. The van der Waals surface area contributed by atoms with Crippen molar-refractivity contribution in [3.63, 3.8) is 0 Å². The number of unbranched alkanes of at least 4 members (excludes halogenated alkanes) is 31. The molecule has 1 fully saturated rings. The van der Waals surface area contributed by atoms with E-state index < -0.39 is 67.4 Å². The van der Waals surface area contributed by atoms with Crippen LogP contribution in [0.1, 0.15) is 258 Å². The van der Waals surface area contributed by atoms with Gasteiger partial charge in [-0.3, -0.25) is 9.59 Å². The molecule has 0 saturated carbocycles. The van der Waals surface area contributed by atoms with E-state index in [0.29, 0.717) is 12.8 Å². The molecule has 0 aromatic rings. The number of ether oxygens (including phenoxy) is 3. The van der Waals surface area contributed by atoms with Crippen LogP contribution in [0, 0.1) is 0 Å². The minimum atomic E-state index is -1.62. The van der Waals surface area contributed by atoms with Crippen LogP contribution < -0.4 is 5.32 Å². The van der Waals surface area contributed by atoms with Crippen LogP contribution in [0.2, 0.25) is 0 Å². The van der Waals surface area contributed by atoms with Gasteiger partial charge in [0, 0.05) is 6.42 Å². The summed E-state index contributed by atoms with van der Waals surface area (Å²) in [7, 11) is 0. The van der Waals surface area contributed by atoms with Gasteiger partial charge in [-0.25, -0.2) is 0 Å². The van der Waals surface area contributed by atoms with Gasteiger partial charge in [-0.05, 0) is 44.9 Å². The number of esters is 1. The molecule has 0 aliphatic carbocycles. The molecule has 11 nitrogen and oxygen atoms in total. The lowest BCUT2D eigenvalue weighted by atomic mass is 9.99. The average molecular weight is 1080 g/mol. The molecule has 0 radical (unpaired) electrons. The van der Waals surface area contributed by atoms with Crippen molar-refractivity contribution in [2.75, 3.05) is 13.2 Å². The summed E-state index contributed by atoms with van der Waals surface area (Å²) in [6.45, 7) is 5.62. The molecule has 0 spiro atoms. The fourth-order valence-electron chi connectivity index (χ4n) is 9.51. The fourth-order valence-corrected chi connectivity index (χ4v) is 9.51. The number of rotatable bonds is 52. The Labute approximate surface area is 470 Å². The van der Waals surface area contributed by atoms with Crippen molar-refractivity contribution in [2.24, 2.45) is 0 Å². The maximum Gasteiger partial charge on any atom is 0.306 e. The minimum Gasteiger partial charge on any atom is -0.454 e. The monoisotopic (exact) mass is 1080 g/mol. The zero-order valence-corrected chi connectivity index (χ0v) is 49.1. The first-order valence-electron chi connectivity index (χ1n) is 31.4. The van der Waals surface area contributed by atoms with Gasteiger partial charge in [0.1, 0.15) is 24.4 Å². The fraction of sp³-hybridized carbons (Fsp3) is 0.758. The third-order valence-electron chi connectivity index (χ3n) is 14.5. The lowest BCUT2D eigenvalue weighted by Crippen LogP contribution is -2.61. The molecular weight excluding hydrogens is 967 g/mol. The molecule has 444 valence electrons. The Hall–Kier alpha value is -3.16. The van der Waals surface area contributed by atoms with Crippen LogP contribution in [-0.2, 0) is 23.8 Å². The third-order valence-corrected chi connectivity index (χ3v) is 14.5. The molecule has 1 heterocycles. The smallest absolute Gasteiger partial charge is 0.306 e. The molecule has 0 bridgehead atoms. The highest BCUT2D eigenvalue weighted by atomic mass is 16.7. The van der Waals surface area contributed by atoms with Crippen molar-refractivity contribution >= 4 is 11.9 Å². The van der Waals surface area contributed by atoms with Crippen LogP contribution in [0.25, 0.3) is 0 Å². The predicted molar refractivity (Wildman–Crippen MR) is 319 cm³/mol. The lowest BCUT2D eigenvalue weighted by molar-refractivity contribution is -0.305. The van der Waals surface area contributed by atoms with Crippen LogP contribution >= 0.6 is 0 Å². The molecule has 1 aliphatic heterocycles. The summed E-state index contributed by atoms with van der Waals surface area (Å²) in [6, 6.07) is -1.05. The first kappa shape index (κ1) is 71.9. The van der Waals surface area contributed by atoms with Crippen LogP contribution in [0.4, 0.5) is 0 Å². The van der Waals surface area contributed by atoms with Crippen molar-refractivity contribution in [3.05, 3.63) is 85.1 Å². The highest BCUT2D eigenvalue weighted by Crippen LogP contribution is 2.26. The molecule has 1 saturated heterocycles. The van der Waals surface area contributed by atoms with Gasteiger partial charge in [-0.1, -0.05) is 292 Å². The first-order chi connectivity index (χ1) is 37.7. The predicted octanol–water partition coefficient (Wildman–Crippen LogP) is 14.9. The van der Waals surface area contributed by atoms with E-state index in [1.165, 1.54) is 148 Å². The van der Waals surface area contributed by atoms with Crippen LogP contribution in [0.5, 0.6) is 0 Å². The highest BCUT2D eigenvalue weighted by molar-refractivity contribution is 5.80. The van der Waals surface area contributed by atoms with Gasteiger partial charge in [0.05, 0.1) is 25.4 Å². The van der Waals surface area contributed by atoms with Crippen molar-refractivity contribution in [3.8, 4) is 0 Å². The molecule has 11 heteroatoms. The summed E-state index contributed by atoms with van der Waals surface area (Å²) in [6.07, 6.45) is 59.2. The summed E-state index contributed by atoms with van der Waals surface area (Å²) in [5.41, 5.74) is 0. The normalized spacial score (nSPS) is 19.6. The Kier molecular flexibility index (Phi) is 49.9. The van der Waals surface area contributed by atoms with Gasteiger partial charge < -0.3 is 45.1 Å². The quantitative estimate of drug-likeness (QED) is 0.0149. The van der Waals surface area contributed by atoms with E-state index in [1.807, 2.05) is 72.9 Å². The number of carbonyl (C=O) groups is 2. The van der Waals surface area contributed by atoms with Crippen molar-refractivity contribution < 1.29 is 49.3 Å². The standard InChI is InChI=1S/C66H115NO10/c1-4-7-10-13-16-19-22-24-26-28-29-30-31-32-34-36-39-42-45-48-51-54-61(71)77-64-63(73)62(72)60(55-68)76-66(64)75-56-57(58(69)52-49-46-43-40-37-21-18-15-12-9-6-3)67-65(74)59(70)53-50-47-44-41-38-35-33-27-25-23-20-17-14-11-8-5-2/h8,11,14,17,20,23,25,27,33,35,38,41,49,52,57-60,62-64,66,68-70,72-73H,4-7,9-10,12-13,15-16,18-19,21-22,24,26,28-32,34,36-37,39-40,42-48,50-51,53-56H2,1-3H3,(H,67,74)/b11-8-,17-14+,23-20+,27-25-,35-33+,41-38+,52-49+. The number of nitrogens with one attached hydrogen (secondary N) is 1. The second-order valence-electron chi connectivity index (χ2n) is 21.6. The van der Waals surface area contributed by atoms with Gasteiger partial charge in [0.2, 0.25) is 5.91 Å². The summed E-state index contributed by atoms with van der Waals surface area (Å²) < 4.78 is 17.6. The molecule has 6 N–H and O–H groups in total. The summed E-state index contributed by atoms with van der Waals surface area (Å²) in [5.74, 6) is -1.24. The van der Waals surface area contributed by atoms with Gasteiger partial charge in [-0.2, -0.15) is 0 Å². The van der Waals surface area contributed by atoms with E-state index in [0.717, 1.165) is 64.2 Å². The lowest BCUT2D eigenvalue weighted by Gasteiger charge is -2.41. The second kappa shape index (κ2) is 53.5. The molecule has 8 atom stereocenters.